The van der Waals surface area contributed by atoms with Gasteiger partial charge in [0.1, 0.15) is 11.5 Å². The molecule has 3 aromatic carbocycles. The lowest BCUT2D eigenvalue weighted by molar-refractivity contribution is 0.0949. The number of rotatable bonds is 7. The Morgan fingerprint density at radius 3 is 2.34 bits per heavy atom. The SMILES string of the molecule is CCOC(=O)Oc1ccc(C(=O)Nc2ccccc2CNC(=O)c2cccc(O)c2)cc1. The molecule has 3 aromatic rings. The summed E-state index contributed by atoms with van der Waals surface area (Å²) in [6, 6.07) is 19.2. The van der Waals surface area contributed by atoms with Gasteiger partial charge in [-0.1, -0.05) is 24.3 Å². The number of para-hydroxylation sites is 1. The van der Waals surface area contributed by atoms with Crippen molar-refractivity contribution in [3.8, 4) is 11.5 Å². The third-order valence-corrected chi connectivity index (χ3v) is 4.39. The molecule has 0 fully saturated rings. The average molecular weight is 434 g/mol. The number of aromatic hydroxyl groups is 1. The quantitative estimate of drug-likeness (QED) is 0.381. The van der Waals surface area contributed by atoms with Crippen molar-refractivity contribution < 1.29 is 29.0 Å². The summed E-state index contributed by atoms with van der Waals surface area (Å²) in [6.07, 6.45) is -0.814. The van der Waals surface area contributed by atoms with Gasteiger partial charge in [-0.15, -0.1) is 0 Å². The van der Waals surface area contributed by atoms with Crippen molar-refractivity contribution >= 4 is 23.7 Å². The van der Waals surface area contributed by atoms with Crippen LogP contribution in [0, 0.1) is 0 Å². The fourth-order valence-corrected chi connectivity index (χ4v) is 2.83. The molecule has 0 unspecified atom stereocenters. The monoisotopic (exact) mass is 434 g/mol. The van der Waals surface area contributed by atoms with Crippen molar-refractivity contribution in [2.45, 2.75) is 13.5 Å². The number of phenolic OH excluding ortho intramolecular Hbond substituents is 1. The maximum atomic E-state index is 12.6. The van der Waals surface area contributed by atoms with Crippen LogP contribution in [-0.2, 0) is 11.3 Å². The molecule has 0 saturated carbocycles. The summed E-state index contributed by atoms with van der Waals surface area (Å²) in [4.78, 5) is 36.3. The molecule has 2 amide bonds. The fourth-order valence-electron chi connectivity index (χ4n) is 2.83. The standard InChI is InChI=1S/C24H22N2O6/c1-2-31-24(30)32-20-12-10-16(11-13-20)23(29)26-21-9-4-3-6-18(21)15-25-22(28)17-7-5-8-19(27)14-17/h3-14,27H,2,15H2,1H3,(H,25,28)(H,26,29). The number of phenols is 1. The van der Waals surface area contributed by atoms with Crippen molar-refractivity contribution in [2.75, 3.05) is 11.9 Å². The number of hydrogen-bond acceptors (Lipinski definition) is 6. The van der Waals surface area contributed by atoms with Crippen molar-refractivity contribution in [1.29, 1.82) is 0 Å². The van der Waals surface area contributed by atoms with Gasteiger partial charge >= 0.3 is 6.16 Å². The smallest absolute Gasteiger partial charge is 0.508 e. The van der Waals surface area contributed by atoms with Gasteiger partial charge in [0.15, 0.2) is 0 Å². The molecule has 0 aromatic heterocycles. The van der Waals surface area contributed by atoms with Gasteiger partial charge in [-0.2, -0.15) is 0 Å². The summed E-state index contributed by atoms with van der Waals surface area (Å²) in [5.41, 5.74) is 1.94. The number of hydrogen-bond donors (Lipinski definition) is 3. The fraction of sp³-hybridized carbons (Fsp3) is 0.125. The Morgan fingerprint density at radius 1 is 0.875 bits per heavy atom. The highest BCUT2D eigenvalue weighted by Crippen LogP contribution is 2.19. The van der Waals surface area contributed by atoms with E-state index in [1.54, 1.807) is 43.3 Å². The number of benzene rings is 3. The summed E-state index contributed by atoms with van der Waals surface area (Å²) in [5.74, 6) is -0.447. The predicted octanol–water partition coefficient (Wildman–Crippen LogP) is 4.11. The summed E-state index contributed by atoms with van der Waals surface area (Å²) in [5, 5.41) is 15.1. The molecule has 8 heteroatoms. The van der Waals surface area contributed by atoms with E-state index in [9.17, 15) is 19.5 Å². The number of ether oxygens (including phenoxy) is 2. The van der Waals surface area contributed by atoms with Gasteiger partial charge in [0.25, 0.3) is 11.8 Å². The summed E-state index contributed by atoms with van der Waals surface area (Å²) < 4.78 is 9.68. The molecule has 3 N–H and O–H groups in total. The Hall–Kier alpha value is -4.33. The van der Waals surface area contributed by atoms with Crippen molar-refractivity contribution in [2.24, 2.45) is 0 Å². The molecule has 0 radical (unpaired) electrons. The highest BCUT2D eigenvalue weighted by molar-refractivity contribution is 6.04. The second kappa shape index (κ2) is 10.6. The van der Waals surface area contributed by atoms with E-state index in [1.165, 1.54) is 36.4 Å². The molecule has 164 valence electrons. The summed E-state index contributed by atoms with van der Waals surface area (Å²) in [6.45, 7) is 2.05. The Labute approximate surface area is 184 Å². The lowest BCUT2D eigenvalue weighted by Gasteiger charge is -2.12. The molecule has 0 bridgehead atoms. The second-order valence-corrected chi connectivity index (χ2v) is 6.65. The zero-order chi connectivity index (χ0) is 22.9. The topological polar surface area (TPSA) is 114 Å². The third-order valence-electron chi connectivity index (χ3n) is 4.39. The molecule has 3 rings (SSSR count). The van der Waals surface area contributed by atoms with Crippen molar-refractivity contribution in [3.05, 3.63) is 89.5 Å². The van der Waals surface area contributed by atoms with E-state index in [1.807, 2.05) is 0 Å². The van der Waals surface area contributed by atoms with Crippen LogP contribution in [0.2, 0.25) is 0 Å². The summed E-state index contributed by atoms with van der Waals surface area (Å²) in [7, 11) is 0. The number of nitrogens with one attached hydrogen (secondary N) is 2. The van der Waals surface area contributed by atoms with Crippen molar-refractivity contribution in [3.63, 3.8) is 0 Å². The van der Waals surface area contributed by atoms with Crippen LogP contribution in [0.5, 0.6) is 11.5 Å². The Bertz CT molecular complexity index is 1110. The number of amides is 2. The van der Waals surface area contributed by atoms with Crippen LogP contribution in [0.4, 0.5) is 10.5 Å². The summed E-state index contributed by atoms with van der Waals surface area (Å²) >= 11 is 0. The lowest BCUT2D eigenvalue weighted by Crippen LogP contribution is -2.23. The maximum Gasteiger partial charge on any atom is 0.513 e. The molecule has 32 heavy (non-hydrogen) atoms. The molecule has 0 spiro atoms. The van der Waals surface area contributed by atoms with E-state index < -0.39 is 6.16 Å². The molecular formula is C24H22N2O6. The Morgan fingerprint density at radius 2 is 1.62 bits per heavy atom. The van der Waals surface area contributed by atoms with Gasteiger partial charge in [-0.05, 0) is 61.0 Å². The van der Waals surface area contributed by atoms with Crippen LogP contribution < -0.4 is 15.4 Å². The third kappa shape index (κ3) is 6.09. The van der Waals surface area contributed by atoms with Gasteiger partial charge in [0.05, 0.1) is 6.61 Å². The van der Waals surface area contributed by atoms with E-state index in [0.717, 1.165) is 0 Å². The van der Waals surface area contributed by atoms with Crippen LogP contribution >= 0.6 is 0 Å². The first-order valence-corrected chi connectivity index (χ1v) is 9.87. The molecule has 0 aliphatic heterocycles. The highest BCUT2D eigenvalue weighted by Gasteiger charge is 2.12. The van der Waals surface area contributed by atoms with Gasteiger partial charge in [0.2, 0.25) is 0 Å². The zero-order valence-corrected chi connectivity index (χ0v) is 17.3. The molecule has 8 nitrogen and oxygen atoms in total. The number of anilines is 1. The number of carbonyl (C=O) groups is 3. The van der Waals surface area contributed by atoms with E-state index in [0.29, 0.717) is 22.4 Å². The zero-order valence-electron chi connectivity index (χ0n) is 17.3. The van der Waals surface area contributed by atoms with E-state index in [4.69, 9.17) is 9.47 Å². The largest absolute Gasteiger partial charge is 0.513 e. The lowest BCUT2D eigenvalue weighted by atomic mass is 10.1. The van der Waals surface area contributed by atoms with E-state index in [2.05, 4.69) is 10.6 Å². The van der Waals surface area contributed by atoms with Crippen LogP contribution in [0.25, 0.3) is 0 Å². The van der Waals surface area contributed by atoms with Gasteiger partial charge < -0.3 is 25.2 Å². The minimum absolute atomic E-state index is 0.00369. The van der Waals surface area contributed by atoms with Crippen LogP contribution in [0.1, 0.15) is 33.2 Å². The first kappa shape index (κ1) is 22.4. The maximum absolute atomic E-state index is 12.6. The molecule has 0 aliphatic rings. The molecule has 0 heterocycles. The minimum Gasteiger partial charge on any atom is -0.508 e. The second-order valence-electron chi connectivity index (χ2n) is 6.65. The first-order valence-electron chi connectivity index (χ1n) is 9.87. The van der Waals surface area contributed by atoms with Gasteiger partial charge in [-0.3, -0.25) is 9.59 Å². The van der Waals surface area contributed by atoms with Gasteiger partial charge in [-0.25, -0.2) is 4.79 Å². The molecule has 0 atom stereocenters. The van der Waals surface area contributed by atoms with E-state index in [-0.39, 0.29) is 36.5 Å². The Kier molecular flexibility index (Phi) is 7.42. The molecule has 0 aliphatic carbocycles. The Balaban J connectivity index is 1.63. The number of carbonyl (C=O) groups excluding carboxylic acids is 3. The molecule has 0 saturated heterocycles. The van der Waals surface area contributed by atoms with Crippen LogP contribution in [-0.4, -0.2) is 29.7 Å². The first-order chi connectivity index (χ1) is 15.5. The molecular weight excluding hydrogens is 412 g/mol. The van der Waals surface area contributed by atoms with E-state index >= 15 is 0 Å². The average Bonchev–Trinajstić information content (AvgIpc) is 2.79. The van der Waals surface area contributed by atoms with Crippen molar-refractivity contribution in [1.82, 2.24) is 5.32 Å². The predicted molar refractivity (Wildman–Crippen MR) is 118 cm³/mol. The normalized spacial score (nSPS) is 10.2. The minimum atomic E-state index is -0.814. The highest BCUT2D eigenvalue weighted by atomic mass is 16.7. The van der Waals surface area contributed by atoms with Gasteiger partial charge in [0, 0.05) is 23.4 Å². The van der Waals surface area contributed by atoms with Crippen LogP contribution in [0.15, 0.2) is 72.8 Å². The van der Waals surface area contributed by atoms with Crippen LogP contribution in [0.3, 0.4) is 0 Å².